The van der Waals surface area contributed by atoms with Gasteiger partial charge in [-0.3, -0.25) is 4.79 Å². The zero-order valence-corrected chi connectivity index (χ0v) is 9.05. The Hall–Kier alpha value is -0.630. The molecule has 0 heterocycles. The van der Waals surface area contributed by atoms with Gasteiger partial charge in [-0.15, -0.1) is 0 Å². The Kier molecular flexibility index (Phi) is 7.60. The number of nitrogens with zero attached hydrogens (tertiary/aromatic N) is 1. The van der Waals surface area contributed by atoms with Crippen LogP contribution in [0.4, 0.5) is 0 Å². The highest BCUT2D eigenvalue weighted by Crippen LogP contribution is 1.92. The second kappa shape index (κ2) is 7.99. The molecule has 2 nitrogen and oxygen atoms in total. The average Bonchev–Trinajstić information content (AvgIpc) is 2.13. The van der Waals surface area contributed by atoms with Crippen LogP contribution in [0.25, 0.3) is 0 Å². The Morgan fingerprint density at radius 2 is 1.85 bits per heavy atom. The van der Waals surface area contributed by atoms with E-state index in [-0.39, 0.29) is 5.78 Å². The standard InChI is InChI=1S/C11H21NO/c1-4-8-11(13)9-7-10-12(5-2)6-3/h7,9H,4-6,8,10H2,1-3H3/b9-7+. The van der Waals surface area contributed by atoms with E-state index in [1.165, 1.54) is 0 Å². The van der Waals surface area contributed by atoms with E-state index in [1.54, 1.807) is 6.08 Å². The van der Waals surface area contributed by atoms with Crippen LogP contribution in [-0.2, 0) is 4.79 Å². The first-order valence-corrected chi connectivity index (χ1v) is 5.16. The first-order chi connectivity index (χ1) is 6.24. The lowest BCUT2D eigenvalue weighted by molar-refractivity contribution is -0.114. The zero-order chi connectivity index (χ0) is 10.1. The molecule has 0 aromatic rings. The summed E-state index contributed by atoms with van der Waals surface area (Å²) >= 11 is 0. The van der Waals surface area contributed by atoms with E-state index in [0.29, 0.717) is 6.42 Å². The van der Waals surface area contributed by atoms with E-state index < -0.39 is 0 Å². The molecule has 0 spiro atoms. The third-order valence-electron chi connectivity index (χ3n) is 2.06. The lowest BCUT2D eigenvalue weighted by atomic mass is 10.2. The summed E-state index contributed by atoms with van der Waals surface area (Å²) in [4.78, 5) is 13.4. The van der Waals surface area contributed by atoms with Crippen molar-refractivity contribution in [1.82, 2.24) is 4.90 Å². The van der Waals surface area contributed by atoms with E-state index in [0.717, 1.165) is 26.1 Å². The molecule has 0 aliphatic heterocycles. The maximum atomic E-state index is 11.1. The lowest BCUT2D eigenvalue weighted by Gasteiger charge is -2.14. The summed E-state index contributed by atoms with van der Waals surface area (Å²) in [6.07, 6.45) is 5.29. The molecule has 0 amide bonds. The van der Waals surface area contributed by atoms with Crippen LogP contribution in [0.5, 0.6) is 0 Å². The minimum absolute atomic E-state index is 0.245. The van der Waals surface area contributed by atoms with Gasteiger partial charge in [-0.05, 0) is 25.6 Å². The van der Waals surface area contributed by atoms with E-state index in [4.69, 9.17) is 0 Å². The van der Waals surface area contributed by atoms with Crippen LogP contribution >= 0.6 is 0 Å². The molecule has 2 heteroatoms. The van der Waals surface area contributed by atoms with Crippen molar-refractivity contribution in [2.45, 2.75) is 33.6 Å². The highest BCUT2D eigenvalue weighted by molar-refractivity contribution is 5.89. The van der Waals surface area contributed by atoms with Crippen LogP contribution < -0.4 is 0 Å². The van der Waals surface area contributed by atoms with Gasteiger partial charge in [0.15, 0.2) is 5.78 Å². The van der Waals surface area contributed by atoms with E-state index in [1.807, 2.05) is 13.0 Å². The SMILES string of the molecule is CCCC(=O)/C=C/CN(CC)CC. The molecule has 0 aliphatic carbocycles. The molecule has 13 heavy (non-hydrogen) atoms. The summed E-state index contributed by atoms with van der Waals surface area (Å²) in [6.45, 7) is 9.26. The molecule has 0 N–H and O–H groups in total. The summed E-state index contributed by atoms with van der Waals surface area (Å²) < 4.78 is 0. The number of carbonyl (C=O) groups excluding carboxylic acids is 1. The smallest absolute Gasteiger partial charge is 0.155 e. The Labute approximate surface area is 81.6 Å². The third-order valence-corrected chi connectivity index (χ3v) is 2.06. The van der Waals surface area contributed by atoms with Gasteiger partial charge < -0.3 is 4.90 Å². The van der Waals surface area contributed by atoms with Gasteiger partial charge in [-0.1, -0.05) is 26.8 Å². The quantitative estimate of drug-likeness (QED) is 0.564. The third kappa shape index (κ3) is 6.52. The highest BCUT2D eigenvalue weighted by atomic mass is 16.1. The van der Waals surface area contributed by atoms with Crippen LogP contribution in [0.3, 0.4) is 0 Å². The number of hydrogen-bond donors (Lipinski definition) is 0. The van der Waals surface area contributed by atoms with Gasteiger partial charge in [0.05, 0.1) is 0 Å². The first kappa shape index (κ1) is 12.4. The molecule has 0 aromatic heterocycles. The van der Waals surface area contributed by atoms with E-state index in [9.17, 15) is 4.79 Å². The molecule has 0 fully saturated rings. The molecule has 0 radical (unpaired) electrons. The van der Waals surface area contributed by atoms with Crippen LogP contribution in [0, 0.1) is 0 Å². The molecule has 0 atom stereocenters. The van der Waals surface area contributed by atoms with Crippen molar-refractivity contribution in [1.29, 1.82) is 0 Å². The maximum Gasteiger partial charge on any atom is 0.155 e. The molecule has 0 aromatic carbocycles. The van der Waals surface area contributed by atoms with Crippen LogP contribution in [-0.4, -0.2) is 30.3 Å². The van der Waals surface area contributed by atoms with Gasteiger partial charge in [-0.2, -0.15) is 0 Å². The second-order valence-electron chi connectivity index (χ2n) is 3.10. The number of carbonyl (C=O) groups is 1. The van der Waals surface area contributed by atoms with Crippen molar-refractivity contribution < 1.29 is 4.79 Å². The fraction of sp³-hybridized carbons (Fsp3) is 0.727. The zero-order valence-electron chi connectivity index (χ0n) is 9.05. The number of ketones is 1. The predicted molar refractivity (Wildman–Crippen MR) is 56.8 cm³/mol. The molecule has 0 unspecified atom stereocenters. The Bertz CT molecular complexity index is 159. The van der Waals surface area contributed by atoms with Gasteiger partial charge in [0.25, 0.3) is 0 Å². The second-order valence-corrected chi connectivity index (χ2v) is 3.10. The highest BCUT2D eigenvalue weighted by Gasteiger charge is 1.95. The summed E-state index contributed by atoms with van der Waals surface area (Å²) in [5.74, 6) is 0.245. The minimum atomic E-state index is 0.245. The van der Waals surface area contributed by atoms with Gasteiger partial charge in [-0.25, -0.2) is 0 Å². The maximum absolute atomic E-state index is 11.1. The van der Waals surface area contributed by atoms with Crippen molar-refractivity contribution >= 4 is 5.78 Å². The van der Waals surface area contributed by atoms with Crippen LogP contribution in [0.1, 0.15) is 33.6 Å². The monoisotopic (exact) mass is 183 g/mol. The molecule has 0 rings (SSSR count). The number of hydrogen-bond acceptors (Lipinski definition) is 2. The van der Waals surface area contributed by atoms with E-state index >= 15 is 0 Å². The Morgan fingerprint density at radius 1 is 1.23 bits per heavy atom. The summed E-state index contributed by atoms with van der Waals surface area (Å²) in [5.41, 5.74) is 0. The molecule has 0 saturated carbocycles. The van der Waals surface area contributed by atoms with Crippen LogP contribution in [0.2, 0.25) is 0 Å². The molecule has 76 valence electrons. The molecule has 0 saturated heterocycles. The Morgan fingerprint density at radius 3 is 2.31 bits per heavy atom. The number of allylic oxidation sites excluding steroid dienone is 1. The van der Waals surface area contributed by atoms with Gasteiger partial charge in [0.1, 0.15) is 0 Å². The summed E-state index contributed by atoms with van der Waals surface area (Å²) in [7, 11) is 0. The predicted octanol–water partition coefficient (Wildman–Crippen LogP) is 2.25. The summed E-state index contributed by atoms with van der Waals surface area (Å²) in [6, 6.07) is 0. The normalized spacial score (nSPS) is 11.4. The van der Waals surface area contributed by atoms with Crippen molar-refractivity contribution in [2.24, 2.45) is 0 Å². The van der Waals surface area contributed by atoms with Crippen molar-refractivity contribution in [3.05, 3.63) is 12.2 Å². The van der Waals surface area contributed by atoms with Gasteiger partial charge >= 0.3 is 0 Å². The molecular formula is C11H21NO. The van der Waals surface area contributed by atoms with E-state index in [2.05, 4.69) is 18.7 Å². The largest absolute Gasteiger partial charge is 0.300 e. The lowest BCUT2D eigenvalue weighted by Crippen LogP contribution is -2.22. The molecule has 0 bridgehead atoms. The van der Waals surface area contributed by atoms with Crippen molar-refractivity contribution in [2.75, 3.05) is 19.6 Å². The fourth-order valence-corrected chi connectivity index (χ4v) is 1.14. The Balaban J connectivity index is 3.66. The average molecular weight is 183 g/mol. The summed E-state index contributed by atoms with van der Waals surface area (Å²) in [5, 5.41) is 0. The van der Waals surface area contributed by atoms with Gasteiger partial charge in [0, 0.05) is 13.0 Å². The minimum Gasteiger partial charge on any atom is -0.300 e. The number of rotatable bonds is 7. The van der Waals surface area contributed by atoms with Crippen LogP contribution in [0.15, 0.2) is 12.2 Å². The fourth-order valence-electron chi connectivity index (χ4n) is 1.14. The molecular weight excluding hydrogens is 162 g/mol. The van der Waals surface area contributed by atoms with Crippen molar-refractivity contribution in [3.63, 3.8) is 0 Å². The topological polar surface area (TPSA) is 20.3 Å². The molecule has 0 aliphatic rings. The number of likely N-dealkylation sites (N-methyl/N-ethyl adjacent to an activating group) is 1. The van der Waals surface area contributed by atoms with Crippen molar-refractivity contribution in [3.8, 4) is 0 Å². The van der Waals surface area contributed by atoms with Gasteiger partial charge in [0.2, 0.25) is 0 Å². The first-order valence-electron chi connectivity index (χ1n) is 5.16.